The summed E-state index contributed by atoms with van der Waals surface area (Å²) in [4.78, 5) is 4.60. The molecule has 2 N–H and O–H groups in total. The van der Waals surface area contributed by atoms with Gasteiger partial charge in [-0.3, -0.25) is 0 Å². The number of ether oxygens (including phenoxy) is 1. The van der Waals surface area contributed by atoms with Crippen LogP contribution in [0, 0.1) is 5.41 Å². The van der Waals surface area contributed by atoms with E-state index in [0.29, 0.717) is 18.3 Å². The molecule has 5 heteroatoms. The number of rotatable bonds is 4. The maximum atomic E-state index is 6.23. The van der Waals surface area contributed by atoms with Gasteiger partial charge in [0.1, 0.15) is 5.60 Å². The molecule has 0 radical (unpaired) electrons. The van der Waals surface area contributed by atoms with Crippen molar-refractivity contribution in [2.45, 2.75) is 77.9 Å². The summed E-state index contributed by atoms with van der Waals surface area (Å²) in [5.41, 5.74) is 5.74. The molecule has 1 heterocycles. The largest absolute Gasteiger partial charge is 0.367 e. The predicted molar refractivity (Wildman–Crippen MR) is 81.7 cm³/mol. The van der Waals surface area contributed by atoms with Crippen molar-refractivity contribution < 1.29 is 9.26 Å². The van der Waals surface area contributed by atoms with Gasteiger partial charge in [0, 0.05) is 6.61 Å². The minimum Gasteiger partial charge on any atom is -0.367 e. The van der Waals surface area contributed by atoms with Gasteiger partial charge in [-0.25, -0.2) is 0 Å². The number of nitrogens with zero attached hydrogens (tertiary/aromatic N) is 2. The molecule has 5 nitrogen and oxygen atoms in total. The summed E-state index contributed by atoms with van der Waals surface area (Å²) < 4.78 is 11.5. The Kier molecular flexibility index (Phi) is 5.04. The van der Waals surface area contributed by atoms with E-state index < -0.39 is 0 Å². The Balaban J connectivity index is 2.27. The number of nitrogens with two attached hydrogens (primary N) is 1. The average Bonchev–Trinajstić information content (AvgIpc) is 2.79. The van der Waals surface area contributed by atoms with Crippen LogP contribution in [0.4, 0.5) is 0 Å². The molecule has 1 aromatic heterocycles. The molecule has 1 saturated carbocycles. The molecule has 0 unspecified atom stereocenters. The molecular formula is C16H29N3O2. The van der Waals surface area contributed by atoms with Crippen LogP contribution in [-0.2, 0) is 10.3 Å². The zero-order valence-corrected chi connectivity index (χ0v) is 13.8. The van der Waals surface area contributed by atoms with E-state index in [9.17, 15) is 0 Å². The summed E-state index contributed by atoms with van der Waals surface area (Å²) in [5.74, 6) is 1.20. The Hall–Kier alpha value is -0.940. The molecule has 0 aromatic carbocycles. The first-order chi connectivity index (χ1) is 9.89. The molecule has 2 rings (SSSR count). The van der Waals surface area contributed by atoms with E-state index in [-0.39, 0.29) is 17.1 Å². The first-order valence-electron chi connectivity index (χ1n) is 8.13. The van der Waals surface area contributed by atoms with Gasteiger partial charge >= 0.3 is 0 Å². The molecule has 1 atom stereocenters. The Morgan fingerprint density at radius 3 is 2.38 bits per heavy atom. The van der Waals surface area contributed by atoms with Crippen molar-refractivity contribution in [3.63, 3.8) is 0 Å². The molecule has 1 aromatic rings. The average molecular weight is 295 g/mol. The van der Waals surface area contributed by atoms with Gasteiger partial charge < -0.3 is 15.0 Å². The van der Waals surface area contributed by atoms with Gasteiger partial charge in [-0.05, 0) is 25.2 Å². The highest BCUT2D eigenvalue weighted by molar-refractivity contribution is 5.05. The molecule has 0 amide bonds. The van der Waals surface area contributed by atoms with Gasteiger partial charge in [-0.15, -0.1) is 0 Å². The zero-order valence-electron chi connectivity index (χ0n) is 13.8. The van der Waals surface area contributed by atoms with Gasteiger partial charge in [0.05, 0.1) is 6.04 Å². The van der Waals surface area contributed by atoms with Crippen molar-refractivity contribution in [2.24, 2.45) is 11.1 Å². The van der Waals surface area contributed by atoms with Crippen LogP contribution < -0.4 is 5.73 Å². The SMILES string of the molecule is CCOC1(c2noc([C@H](N)C(C)(C)C)n2)CCCCCC1. The van der Waals surface area contributed by atoms with Gasteiger partial charge in [0.25, 0.3) is 0 Å². The van der Waals surface area contributed by atoms with Crippen LogP contribution in [0.1, 0.15) is 84.0 Å². The van der Waals surface area contributed by atoms with E-state index in [1.807, 2.05) is 6.92 Å². The fourth-order valence-electron chi connectivity index (χ4n) is 2.93. The van der Waals surface area contributed by atoms with E-state index >= 15 is 0 Å². The molecule has 0 spiro atoms. The van der Waals surface area contributed by atoms with Crippen molar-refractivity contribution in [1.82, 2.24) is 10.1 Å². The summed E-state index contributed by atoms with van der Waals surface area (Å²) in [6.07, 6.45) is 6.72. The summed E-state index contributed by atoms with van der Waals surface area (Å²) in [6.45, 7) is 8.91. The first kappa shape index (κ1) is 16.4. The smallest absolute Gasteiger partial charge is 0.244 e. The Labute approximate surface area is 127 Å². The van der Waals surface area contributed by atoms with Crippen molar-refractivity contribution >= 4 is 0 Å². The van der Waals surface area contributed by atoms with Gasteiger partial charge in [-0.1, -0.05) is 51.6 Å². The third-order valence-corrected chi connectivity index (χ3v) is 4.38. The second-order valence-electron chi connectivity index (χ2n) is 7.14. The Morgan fingerprint density at radius 1 is 1.24 bits per heavy atom. The highest BCUT2D eigenvalue weighted by Gasteiger charge is 2.39. The molecular weight excluding hydrogens is 266 g/mol. The van der Waals surface area contributed by atoms with E-state index in [4.69, 9.17) is 15.0 Å². The minimum absolute atomic E-state index is 0.105. The number of hydrogen-bond donors (Lipinski definition) is 1. The van der Waals surface area contributed by atoms with Crippen molar-refractivity contribution in [3.05, 3.63) is 11.7 Å². The third-order valence-electron chi connectivity index (χ3n) is 4.38. The van der Waals surface area contributed by atoms with Crippen LogP contribution in [0.25, 0.3) is 0 Å². The van der Waals surface area contributed by atoms with E-state index in [2.05, 4.69) is 30.9 Å². The van der Waals surface area contributed by atoms with Crippen molar-refractivity contribution in [3.8, 4) is 0 Å². The van der Waals surface area contributed by atoms with Crippen LogP contribution in [0.5, 0.6) is 0 Å². The van der Waals surface area contributed by atoms with Crippen LogP contribution >= 0.6 is 0 Å². The second-order valence-corrected chi connectivity index (χ2v) is 7.14. The fraction of sp³-hybridized carbons (Fsp3) is 0.875. The summed E-state index contributed by atoms with van der Waals surface area (Å²) in [7, 11) is 0. The van der Waals surface area contributed by atoms with Gasteiger partial charge in [-0.2, -0.15) is 4.98 Å². The minimum atomic E-state index is -0.384. The van der Waals surface area contributed by atoms with Crippen LogP contribution in [0.15, 0.2) is 4.52 Å². The predicted octanol–water partition coefficient (Wildman–Crippen LogP) is 3.70. The fourth-order valence-corrected chi connectivity index (χ4v) is 2.93. The summed E-state index contributed by atoms with van der Waals surface area (Å²) in [6, 6.07) is -0.261. The molecule has 0 bridgehead atoms. The lowest BCUT2D eigenvalue weighted by Crippen LogP contribution is -2.31. The highest BCUT2D eigenvalue weighted by atomic mass is 16.5. The molecule has 0 saturated heterocycles. The van der Waals surface area contributed by atoms with Crippen LogP contribution in [0.2, 0.25) is 0 Å². The zero-order chi connectivity index (χ0) is 15.5. The molecule has 1 aliphatic rings. The monoisotopic (exact) mass is 295 g/mol. The van der Waals surface area contributed by atoms with Crippen LogP contribution in [-0.4, -0.2) is 16.7 Å². The van der Waals surface area contributed by atoms with E-state index in [1.165, 1.54) is 12.8 Å². The quantitative estimate of drug-likeness (QED) is 0.857. The topological polar surface area (TPSA) is 74.2 Å². The highest BCUT2D eigenvalue weighted by Crippen LogP contribution is 2.39. The normalized spacial score (nSPS) is 21.0. The second kappa shape index (κ2) is 6.44. The lowest BCUT2D eigenvalue weighted by atomic mass is 9.87. The maximum Gasteiger partial charge on any atom is 0.244 e. The summed E-state index contributed by atoms with van der Waals surface area (Å²) in [5, 5.41) is 4.22. The molecule has 120 valence electrons. The van der Waals surface area contributed by atoms with Crippen molar-refractivity contribution in [1.29, 1.82) is 0 Å². The van der Waals surface area contributed by atoms with E-state index in [0.717, 1.165) is 25.7 Å². The van der Waals surface area contributed by atoms with Crippen LogP contribution in [0.3, 0.4) is 0 Å². The molecule has 0 aliphatic heterocycles. The first-order valence-corrected chi connectivity index (χ1v) is 8.13. The third kappa shape index (κ3) is 3.64. The lowest BCUT2D eigenvalue weighted by molar-refractivity contribution is -0.0636. The van der Waals surface area contributed by atoms with Gasteiger partial charge in [0.2, 0.25) is 11.7 Å². The lowest BCUT2D eigenvalue weighted by Gasteiger charge is -2.29. The molecule has 1 aliphatic carbocycles. The Bertz CT molecular complexity index is 443. The number of hydrogen-bond acceptors (Lipinski definition) is 5. The summed E-state index contributed by atoms with van der Waals surface area (Å²) >= 11 is 0. The Morgan fingerprint density at radius 2 is 1.86 bits per heavy atom. The van der Waals surface area contributed by atoms with Gasteiger partial charge in [0.15, 0.2) is 0 Å². The molecule has 21 heavy (non-hydrogen) atoms. The maximum absolute atomic E-state index is 6.23. The van der Waals surface area contributed by atoms with Crippen molar-refractivity contribution in [2.75, 3.05) is 6.61 Å². The van der Waals surface area contributed by atoms with E-state index in [1.54, 1.807) is 0 Å². The molecule has 1 fully saturated rings. The number of aromatic nitrogens is 2. The standard InChI is InChI=1S/C16H29N3O2/c1-5-20-16(10-8-6-7-9-11-16)14-18-13(21-19-14)12(17)15(2,3)4/h12H,5-11,17H2,1-4H3/t12-/m0/s1.